The van der Waals surface area contributed by atoms with Crippen LogP contribution in [0.15, 0.2) is 46.0 Å². The number of hydrogen-bond acceptors (Lipinski definition) is 5. The smallest absolute Gasteiger partial charge is 0.332 e. The van der Waals surface area contributed by atoms with Crippen molar-refractivity contribution in [2.75, 3.05) is 44.2 Å². The van der Waals surface area contributed by atoms with E-state index < -0.39 is 0 Å². The monoisotopic (exact) mass is 425 g/mol. The molecule has 0 unspecified atom stereocenters. The Bertz CT molecular complexity index is 1040. The first-order chi connectivity index (χ1) is 14.9. The predicted molar refractivity (Wildman–Crippen MR) is 120 cm³/mol. The summed E-state index contributed by atoms with van der Waals surface area (Å²) in [5, 5.41) is 0. The van der Waals surface area contributed by atoms with Crippen LogP contribution in [0.25, 0.3) is 0 Å². The summed E-state index contributed by atoms with van der Waals surface area (Å²) >= 11 is 0. The van der Waals surface area contributed by atoms with E-state index in [9.17, 15) is 14.4 Å². The minimum Gasteiger partial charge on any atom is -0.357 e. The lowest BCUT2D eigenvalue weighted by atomic mass is 9.96. The molecule has 0 aliphatic carbocycles. The van der Waals surface area contributed by atoms with Crippen LogP contribution < -0.4 is 16.1 Å². The van der Waals surface area contributed by atoms with E-state index in [1.54, 1.807) is 7.05 Å². The molecule has 8 nitrogen and oxygen atoms in total. The summed E-state index contributed by atoms with van der Waals surface area (Å²) in [5.41, 5.74) is 0.636. The van der Waals surface area contributed by atoms with Crippen molar-refractivity contribution in [2.24, 2.45) is 20.0 Å². The van der Waals surface area contributed by atoms with Crippen molar-refractivity contribution in [3.8, 4) is 0 Å². The largest absolute Gasteiger partial charge is 0.357 e. The van der Waals surface area contributed by atoms with E-state index in [0.29, 0.717) is 12.4 Å². The van der Waals surface area contributed by atoms with Gasteiger partial charge in [0.15, 0.2) is 0 Å². The molecule has 0 radical (unpaired) electrons. The number of hydrogen-bond donors (Lipinski definition) is 0. The third kappa shape index (κ3) is 4.58. The minimum absolute atomic E-state index is 0.103. The molecule has 8 heteroatoms. The molecule has 0 spiro atoms. The molecule has 1 amide bonds. The second-order valence-corrected chi connectivity index (χ2v) is 8.61. The summed E-state index contributed by atoms with van der Waals surface area (Å²) in [7, 11) is 3.16. The first-order valence-corrected chi connectivity index (χ1v) is 11.0. The van der Waals surface area contributed by atoms with Crippen LogP contribution in [0.2, 0.25) is 0 Å². The fourth-order valence-corrected chi connectivity index (χ4v) is 4.64. The van der Waals surface area contributed by atoms with Gasteiger partial charge in [0.1, 0.15) is 5.82 Å². The van der Waals surface area contributed by atoms with E-state index in [2.05, 4.69) is 29.2 Å². The van der Waals surface area contributed by atoms with Crippen LogP contribution in [0.4, 0.5) is 5.82 Å². The Morgan fingerprint density at radius 2 is 1.68 bits per heavy atom. The number of carbonyl (C=O) groups is 1. The van der Waals surface area contributed by atoms with Crippen molar-refractivity contribution in [1.82, 2.24) is 18.9 Å². The van der Waals surface area contributed by atoms with Gasteiger partial charge in [-0.3, -0.25) is 23.6 Å². The van der Waals surface area contributed by atoms with Gasteiger partial charge in [-0.25, -0.2) is 4.79 Å². The number of aromatic nitrogens is 2. The number of nitrogens with zero attached hydrogens (tertiary/aromatic N) is 5. The molecule has 1 aromatic carbocycles. The fraction of sp³-hybridized carbons (Fsp3) is 0.522. The molecule has 2 aliphatic rings. The number of carbonyl (C=O) groups excluding carboxylic acids is 1. The summed E-state index contributed by atoms with van der Waals surface area (Å²) in [5.74, 6) is 0.685. The van der Waals surface area contributed by atoms with Crippen LogP contribution in [0, 0.1) is 5.92 Å². The molecule has 0 N–H and O–H groups in total. The zero-order valence-corrected chi connectivity index (χ0v) is 18.4. The normalized spacial score (nSPS) is 20.1. The molecular weight excluding hydrogens is 394 g/mol. The maximum Gasteiger partial charge on any atom is 0.332 e. The van der Waals surface area contributed by atoms with Gasteiger partial charge in [0.25, 0.3) is 5.56 Å². The summed E-state index contributed by atoms with van der Waals surface area (Å²) in [6.07, 6.45) is 1.71. The van der Waals surface area contributed by atoms with E-state index in [0.717, 1.165) is 56.7 Å². The average Bonchev–Trinajstić information content (AvgIpc) is 2.81. The zero-order chi connectivity index (χ0) is 22.0. The number of piperazine rings is 1. The highest BCUT2D eigenvalue weighted by atomic mass is 16.2. The summed E-state index contributed by atoms with van der Waals surface area (Å²) in [4.78, 5) is 44.0. The Labute approximate surface area is 182 Å². The molecular formula is C23H31N5O3. The third-order valence-electron chi connectivity index (χ3n) is 6.53. The zero-order valence-electron chi connectivity index (χ0n) is 18.4. The standard InChI is InChI=1S/C23H31N5O3/c1-24-20(15-21(29)25(2)23(24)31)28-10-6-9-19(17-28)22(30)27-13-11-26(12-14-27)16-18-7-4-3-5-8-18/h3-5,7-8,15,19H,6,9-14,16-17H2,1-2H3/t19-/m1/s1. The van der Waals surface area contributed by atoms with E-state index >= 15 is 0 Å². The Kier molecular flexibility index (Phi) is 6.27. The minimum atomic E-state index is -0.342. The lowest BCUT2D eigenvalue weighted by Crippen LogP contribution is -2.52. The van der Waals surface area contributed by atoms with Crippen LogP contribution >= 0.6 is 0 Å². The SMILES string of the molecule is Cn1c(N2CCC[C@@H](C(=O)N3CCN(Cc4ccccc4)CC3)C2)cc(=O)n(C)c1=O. The maximum atomic E-state index is 13.2. The summed E-state index contributed by atoms with van der Waals surface area (Å²) in [6, 6.07) is 11.9. The van der Waals surface area contributed by atoms with Gasteiger partial charge in [0.05, 0.1) is 5.92 Å². The fourth-order valence-electron chi connectivity index (χ4n) is 4.64. The molecule has 166 valence electrons. The number of anilines is 1. The van der Waals surface area contributed by atoms with Gasteiger partial charge in [-0.15, -0.1) is 0 Å². The third-order valence-corrected chi connectivity index (χ3v) is 6.53. The lowest BCUT2D eigenvalue weighted by molar-refractivity contribution is -0.137. The topological polar surface area (TPSA) is 70.8 Å². The number of benzene rings is 1. The first kappa shape index (κ1) is 21.4. The van der Waals surface area contributed by atoms with Gasteiger partial charge in [0.2, 0.25) is 5.91 Å². The summed E-state index contributed by atoms with van der Waals surface area (Å²) in [6.45, 7) is 5.44. The Hall–Kier alpha value is -2.87. The second-order valence-electron chi connectivity index (χ2n) is 8.61. The first-order valence-electron chi connectivity index (χ1n) is 11.0. The van der Waals surface area contributed by atoms with E-state index in [4.69, 9.17) is 0 Å². The van der Waals surface area contributed by atoms with Gasteiger partial charge in [0, 0.05) is 66.0 Å². The van der Waals surface area contributed by atoms with E-state index in [1.165, 1.54) is 23.2 Å². The molecule has 31 heavy (non-hydrogen) atoms. The van der Waals surface area contributed by atoms with Gasteiger partial charge >= 0.3 is 5.69 Å². The molecule has 0 saturated carbocycles. The number of amides is 1. The molecule has 4 rings (SSSR count). The van der Waals surface area contributed by atoms with Crippen LogP contribution in [-0.2, 0) is 25.4 Å². The molecule has 3 heterocycles. The number of piperidine rings is 1. The Balaban J connectivity index is 1.38. The summed E-state index contributed by atoms with van der Waals surface area (Å²) < 4.78 is 2.60. The highest BCUT2D eigenvalue weighted by Gasteiger charge is 2.32. The molecule has 0 bridgehead atoms. The molecule has 1 aromatic heterocycles. The molecule has 1 atom stereocenters. The molecule has 2 aromatic rings. The highest BCUT2D eigenvalue weighted by Crippen LogP contribution is 2.23. The van der Waals surface area contributed by atoms with Crippen LogP contribution in [0.3, 0.4) is 0 Å². The lowest BCUT2D eigenvalue weighted by Gasteiger charge is -2.39. The Morgan fingerprint density at radius 1 is 0.968 bits per heavy atom. The van der Waals surface area contributed by atoms with Gasteiger partial charge in [-0.1, -0.05) is 30.3 Å². The quantitative estimate of drug-likeness (QED) is 0.719. The van der Waals surface area contributed by atoms with Crippen molar-refractivity contribution in [3.63, 3.8) is 0 Å². The molecule has 2 saturated heterocycles. The van der Waals surface area contributed by atoms with Crippen molar-refractivity contribution < 1.29 is 4.79 Å². The van der Waals surface area contributed by atoms with Crippen molar-refractivity contribution in [3.05, 3.63) is 62.8 Å². The van der Waals surface area contributed by atoms with Crippen molar-refractivity contribution in [1.29, 1.82) is 0 Å². The number of rotatable bonds is 4. The van der Waals surface area contributed by atoms with Gasteiger partial charge in [-0.05, 0) is 18.4 Å². The van der Waals surface area contributed by atoms with Crippen molar-refractivity contribution >= 4 is 11.7 Å². The highest BCUT2D eigenvalue weighted by molar-refractivity contribution is 5.80. The van der Waals surface area contributed by atoms with Crippen LogP contribution in [0.5, 0.6) is 0 Å². The molecule has 2 aliphatic heterocycles. The van der Waals surface area contributed by atoms with Gasteiger partial charge < -0.3 is 9.80 Å². The van der Waals surface area contributed by atoms with Crippen LogP contribution in [-0.4, -0.2) is 64.1 Å². The molecule has 2 fully saturated rings. The van der Waals surface area contributed by atoms with Crippen molar-refractivity contribution in [2.45, 2.75) is 19.4 Å². The average molecular weight is 426 g/mol. The van der Waals surface area contributed by atoms with E-state index in [-0.39, 0.29) is 23.1 Å². The Morgan fingerprint density at radius 3 is 2.39 bits per heavy atom. The predicted octanol–water partition coefficient (Wildman–Crippen LogP) is 0.645. The maximum absolute atomic E-state index is 13.2. The van der Waals surface area contributed by atoms with Crippen LogP contribution in [0.1, 0.15) is 18.4 Å². The van der Waals surface area contributed by atoms with E-state index in [1.807, 2.05) is 15.9 Å². The van der Waals surface area contributed by atoms with Gasteiger partial charge in [-0.2, -0.15) is 0 Å². The second kappa shape index (κ2) is 9.09.